The van der Waals surface area contributed by atoms with Gasteiger partial charge in [0.2, 0.25) is 5.91 Å². The third-order valence-electron chi connectivity index (χ3n) is 4.14. The number of carbonyl (C=O) groups excluding carboxylic acids is 3. The number of alkyl carbamates (subject to hydrolysis) is 1. The van der Waals surface area contributed by atoms with Crippen LogP contribution in [0, 0.1) is 0 Å². The summed E-state index contributed by atoms with van der Waals surface area (Å²) in [6, 6.07) is 13.5. The molecular weight excluding hydrogens is 324 g/mol. The fourth-order valence-corrected chi connectivity index (χ4v) is 3.00. The van der Waals surface area contributed by atoms with Crippen LogP contribution in [0.3, 0.4) is 0 Å². The Hall–Kier alpha value is -3.35. The summed E-state index contributed by atoms with van der Waals surface area (Å²) in [5.41, 5.74) is 1.65. The average Bonchev–Trinajstić information content (AvgIpc) is 2.91. The fraction of sp³-hybridized carbons (Fsp3) is 0.167. The smallest absolute Gasteiger partial charge is 0.415 e. The molecule has 0 unspecified atom stereocenters. The molecule has 1 atom stereocenters. The first-order chi connectivity index (χ1) is 12.1. The predicted molar refractivity (Wildman–Crippen MR) is 86.0 cm³/mol. The summed E-state index contributed by atoms with van der Waals surface area (Å²) in [4.78, 5) is 35.0. The third-order valence-corrected chi connectivity index (χ3v) is 4.14. The fourth-order valence-electron chi connectivity index (χ4n) is 3.00. The Morgan fingerprint density at radius 3 is 2.12 bits per heavy atom. The number of para-hydroxylation sites is 2. The van der Waals surface area contributed by atoms with Crippen molar-refractivity contribution in [3.05, 3.63) is 59.7 Å². The second-order valence-electron chi connectivity index (χ2n) is 5.79. The molecule has 2 aromatic rings. The van der Waals surface area contributed by atoms with Crippen LogP contribution in [0.4, 0.5) is 4.79 Å². The quantitative estimate of drug-likeness (QED) is 0.660. The van der Waals surface area contributed by atoms with E-state index >= 15 is 0 Å². The van der Waals surface area contributed by atoms with E-state index in [4.69, 9.17) is 4.74 Å². The Balaban J connectivity index is 1.59. The maximum Gasteiger partial charge on any atom is 0.415 e. The Morgan fingerprint density at radius 1 is 0.960 bits per heavy atom. The first-order valence-electron chi connectivity index (χ1n) is 7.79. The van der Waals surface area contributed by atoms with Gasteiger partial charge in [-0.3, -0.25) is 4.79 Å². The van der Waals surface area contributed by atoms with Gasteiger partial charge in [-0.15, -0.1) is 0 Å². The van der Waals surface area contributed by atoms with Crippen LogP contribution in [0.2, 0.25) is 0 Å². The molecule has 2 aliphatic heterocycles. The molecule has 7 heteroatoms. The minimum absolute atomic E-state index is 0.188. The van der Waals surface area contributed by atoms with Crippen molar-refractivity contribution in [1.29, 1.82) is 0 Å². The lowest BCUT2D eigenvalue weighted by atomic mass is 9.94. The van der Waals surface area contributed by atoms with Crippen LogP contribution >= 0.6 is 0 Å². The van der Waals surface area contributed by atoms with Crippen LogP contribution in [0.1, 0.15) is 23.6 Å². The molecule has 2 aliphatic rings. The van der Waals surface area contributed by atoms with Crippen LogP contribution in [-0.4, -0.2) is 24.0 Å². The zero-order valence-electron chi connectivity index (χ0n) is 13.0. The van der Waals surface area contributed by atoms with Gasteiger partial charge in [-0.25, -0.2) is 9.59 Å². The van der Waals surface area contributed by atoms with Crippen molar-refractivity contribution >= 4 is 18.0 Å². The number of amides is 2. The van der Waals surface area contributed by atoms with Crippen molar-refractivity contribution in [3.63, 3.8) is 0 Å². The summed E-state index contributed by atoms with van der Waals surface area (Å²) < 4.78 is 10.3. The molecule has 0 bridgehead atoms. The highest BCUT2D eigenvalue weighted by Gasteiger charge is 2.35. The van der Waals surface area contributed by atoms with Crippen molar-refractivity contribution < 1.29 is 23.9 Å². The monoisotopic (exact) mass is 338 g/mol. The topological polar surface area (TPSA) is 93.7 Å². The molecule has 25 heavy (non-hydrogen) atoms. The largest absolute Gasteiger partial charge is 0.457 e. The molecule has 0 aliphatic carbocycles. The van der Waals surface area contributed by atoms with E-state index in [2.05, 4.69) is 15.4 Å². The molecule has 2 amide bonds. The van der Waals surface area contributed by atoms with E-state index in [9.17, 15) is 14.4 Å². The normalized spacial score (nSPS) is 18.5. The number of rotatable bonds is 3. The predicted octanol–water partition coefficient (Wildman–Crippen LogP) is 2.02. The van der Waals surface area contributed by atoms with Crippen LogP contribution < -0.4 is 15.4 Å². The van der Waals surface area contributed by atoms with Gasteiger partial charge in [-0.2, -0.15) is 0 Å². The Kier molecular flexibility index (Phi) is 3.61. The van der Waals surface area contributed by atoms with Gasteiger partial charge in [-0.05, 0) is 12.1 Å². The van der Waals surface area contributed by atoms with E-state index < -0.39 is 24.1 Å². The van der Waals surface area contributed by atoms with Crippen molar-refractivity contribution in [2.75, 3.05) is 0 Å². The lowest BCUT2D eigenvalue weighted by Crippen LogP contribution is -2.38. The maximum atomic E-state index is 12.4. The number of benzene rings is 2. The molecular formula is C18H14N2O5. The first kappa shape index (κ1) is 15.2. The van der Waals surface area contributed by atoms with E-state index in [0.29, 0.717) is 11.5 Å². The van der Waals surface area contributed by atoms with Crippen molar-refractivity contribution in [2.45, 2.75) is 18.5 Å². The second kappa shape index (κ2) is 5.94. The van der Waals surface area contributed by atoms with Crippen LogP contribution in [-0.2, 0) is 14.3 Å². The summed E-state index contributed by atoms with van der Waals surface area (Å²) in [6.45, 7) is 0. The minimum Gasteiger partial charge on any atom is -0.457 e. The van der Waals surface area contributed by atoms with Crippen molar-refractivity contribution in [2.24, 2.45) is 0 Å². The molecule has 1 saturated heterocycles. The van der Waals surface area contributed by atoms with Gasteiger partial charge in [0.25, 0.3) is 0 Å². The Morgan fingerprint density at radius 2 is 1.56 bits per heavy atom. The van der Waals surface area contributed by atoms with Gasteiger partial charge < -0.3 is 20.1 Å². The van der Waals surface area contributed by atoms with Gasteiger partial charge in [0.1, 0.15) is 17.5 Å². The number of cyclic esters (lactones) is 2. The summed E-state index contributed by atoms with van der Waals surface area (Å²) in [6.07, 6.45) is -1.02. The summed E-state index contributed by atoms with van der Waals surface area (Å²) >= 11 is 0. The number of hydrogen-bond acceptors (Lipinski definition) is 5. The number of fused-ring (bicyclic) bond motifs is 2. The summed E-state index contributed by atoms with van der Waals surface area (Å²) in [5, 5.41) is 5.23. The van der Waals surface area contributed by atoms with E-state index in [0.717, 1.165) is 11.1 Å². The molecule has 0 spiro atoms. The Labute approximate surface area is 142 Å². The Bertz CT molecular complexity index is 834. The van der Waals surface area contributed by atoms with E-state index in [1.807, 2.05) is 48.5 Å². The number of nitrogens with one attached hydrogen (secondary N) is 2. The molecule has 2 aromatic carbocycles. The molecule has 1 fully saturated rings. The lowest BCUT2D eigenvalue weighted by Gasteiger charge is -2.29. The number of esters is 1. The first-order valence-corrected chi connectivity index (χ1v) is 7.79. The average molecular weight is 338 g/mol. The van der Waals surface area contributed by atoms with Gasteiger partial charge in [0.15, 0.2) is 0 Å². The highest BCUT2D eigenvalue weighted by Crippen LogP contribution is 2.42. The molecule has 2 heterocycles. The molecule has 7 nitrogen and oxygen atoms in total. The minimum atomic E-state index is -0.960. The molecule has 0 radical (unpaired) electrons. The zero-order valence-corrected chi connectivity index (χ0v) is 13.0. The van der Waals surface area contributed by atoms with E-state index in [1.165, 1.54) is 0 Å². The number of hydrogen-bond donors (Lipinski definition) is 2. The van der Waals surface area contributed by atoms with Gasteiger partial charge in [0, 0.05) is 11.1 Å². The van der Waals surface area contributed by atoms with Crippen LogP contribution in [0.5, 0.6) is 11.5 Å². The van der Waals surface area contributed by atoms with Gasteiger partial charge in [-0.1, -0.05) is 36.4 Å². The van der Waals surface area contributed by atoms with E-state index in [-0.39, 0.29) is 12.3 Å². The molecule has 126 valence electrons. The molecule has 0 aromatic heterocycles. The maximum absolute atomic E-state index is 12.4. The van der Waals surface area contributed by atoms with Gasteiger partial charge >= 0.3 is 12.1 Å². The van der Waals surface area contributed by atoms with Gasteiger partial charge in [0.05, 0.1) is 12.5 Å². The third kappa shape index (κ3) is 2.80. The summed E-state index contributed by atoms with van der Waals surface area (Å²) in [5.74, 6) is 0.216. The van der Waals surface area contributed by atoms with E-state index in [1.54, 1.807) is 0 Å². The molecule has 2 N–H and O–H groups in total. The SMILES string of the molecule is O=C(C[C@@H]1NC(=O)OC1=O)NC1c2ccccc2Oc2ccccc21. The number of ether oxygens (including phenoxy) is 2. The standard InChI is InChI=1S/C18H14N2O5/c21-15(9-12-17(22)25-18(23)19-12)20-16-10-5-1-3-7-13(10)24-14-8-4-2-6-11(14)16/h1-8,12,16H,9H2,(H,19,23)(H,20,21)/t12-/m0/s1. The number of carbonyl (C=O) groups is 3. The highest BCUT2D eigenvalue weighted by atomic mass is 16.6. The van der Waals surface area contributed by atoms with Crippen LogP contribution in [0.15, 0.2) is 48.5 Å². The van der Waals surface area contributed by atoms with Crippen molar-refractivity contribution in [3.8, 4) is 11.5 Å². The zero-order chi connectivity index (χ0) is 17.4. The molecule has 4 rings (SSSR count). The summed E-state index contributed by atoms with van der Waals surface area (Å²) in [7, 11) is 0. The molecule has 0 saturated carbocycles. The van der Waals surface area contributed by atoms with Crippen LogP contribution in [0.25, 0.3) is 0 Å². The second-order valence-corrected chi connectivity index (χ2v) is 5.79. The van der Waals surface area contributed by atoms with Crippen molar-refractivity contribution in [1.82, 2.24) is 10.6 Å². The highest BCUT2D eigenvalue weighted by molar-refractivity contribution is 5.98. The lowest BCUT2D eigenvalue weighted by molar-refractivity contribution is -0.137.